The van der Waals surface area contributed by atoms with Crippen molar-refractivity contribution in [3.8, 4) is 11.5 Å². The lowest BCUT2D eigenvalue weighted by molar-refractivity contribution is 0.174. The zero-order chi connectivity index (χ0) is 18.6. The summed E-state index contributed by atoms with van der Waals surface area (Å²) in [6.07, 6.45) is 1.13. The van der Waals surface area contributed by atoms with E-state index in [-0.39, 0.29) is 5.41 Å². The molecule has 26 heavy (non-hydrogen) atoms. The van der Waals surface area contributed by atoms with E-state index in [0.29, 0.717) is 19.3 Å². The Morgan fingerprint density at radius 2 is 2.12 bits per heavy atom. The van der Waals surface area contributed by atoms with Crippen molar-refractivity contribution in [1.82, 2.24) is 10.2 Å². The van der Waals surface area contributed by atoms with E-state index in [1.807, 2.05) is 6.07 Å². The first-order valence-corrected chi connectivity index (χ1v) is 9.47. The molecule has 0 spiro atoms. The number of ether oxygens (including phenoxy) is 3. The predicted molar refractivity (Wildman–Crippen MR) is 103 cm³/mol. The summed E-state index contributed by atoms with van der Waals surface area (Å²) in [6.45, 7) is 11.1. The molecule has 6 heteroatoms. The lowest BCUT2D eigenvalue weighted by Crippen LogP contribution is -2.42. The smallest absolute Gasteiger partial charge is 0.231 e. The van der Waals surface area contributed by atoms with Crippen molar-refractivity contribution in [3.05, 3.63) is 23.8 Å². The maximum absolute atomic E-state index is 5.52. The topological polar surface area (TPSA) is 55.3 Å². The molecule has 0 aromatic heterocycles. The molecule has 1 N–H and O–H groups in total. The third-order valence-electron chi connectivity index (χ3n) is 5.03. The first-order chi connectivity index (χ1) is 12.5. The van der Waals surface area contributed by atoms with Crippen molar-refractivity contribution in [3.63, 3.8) is 0 Å². The summed E-state index contributed by atoms with van der Waals surface area (Å²) in [5.41, 5.74) is 1.10. The van der Waals surface area contributed by atoms with E-state index in [0.717, 1.165) is 50.2 Å². The fourth-order valence-corrected chi connectivity index (χ4v) is 3.35. The molecule has 6 nitrogen and oxygen atoms in total. The Kier molecular flexibility index (Phi) is 5.91. The van der Waals surface area contributed by atoms with E-state index < -0.39 is 0 Å². The van der Waals surface area contributed by atoms with Crippen LogP contribution in [0.3, 0.4) is 0 Å². The number of nitrogens with zero attached hydrogens (tertiary/aromatic N) is 2. The Morgan fingerprint density at radius 3 is 2.85 bits per heavy atom. The fourth-order valence-electron chi connectivity index (χ4n) is 3.35. The van der Waals surface area contributed by atoms with Crippen LogP contribution >= 0.6 is 0 Å². The van der Waals surface area contributed by atoms with Gasteiger partial charge in [0.15, 0.2) is 17.5 Å². The quantitative estimate of drug-likeness (QED) is 0.624. The van der Waals surface area contributed by atoms with E-state index in [9.17, 15) is 0 Å². The van der Waals surface area contributed by atoms with Crippen LogP contribution in [0.15, 0.2) is 23.2 Å². The minimum atomic E-state index is -0.0983. The van der Waals surface area contributed by atoms with Gasteiger partial charge in [0.05, 0.1) is 13.2 Å². The van der Waals surface area contributed by atoms with E-state index in [1.165, 1.54) is 5.56 Å². The Labute approximate surface area is 156 Å². The maximum atomic E-state index is 5.52. The molecule has 1 saturated heterocycles. The number of hydrogen-bond acceptors (Lipinski definition) is 4. The molecule has 1 fully saturated rings. The summed E-state index contributed by atoms with van der Waals surface area (Å²) in [5, 5.41) is 3.41. The van der Waals surface area contributed by atoms with Crippen LogP contribution in [0.5, 0.6) is 11.5 Å². The number of rotatable bonds is 6. The van der Waals surface area contributed by atoms with Gasteiger partial charge < -0.3 is 24.4 Å². The number of hydrogen-bond donors (Lipinski definition) is 1. The summed E-state index contributed by atoms with van der Waals surface area (Å²) in [6, 6.07) is 6.17. The highest BCUT2D eigenvalue weighted by atomic mass is 16.7. The molecule has 0 radical (unpaired) electrons. The molecule has 2 aliphatic rings. The van der Waals surface area contributed by atoms with Crippen molar-refractivity contribution < 1.29 is 14.2 Å². The minimum Gasteiger partial charge on any atom is -0.454 e. The van der Waals surface area contributed by atoms with Crippen LogP contribution in [-0.2, 0) is 10.2 Å². The van der Waals surface area contributed by atoms with Gasteiger partial charge in [0, 0.05) is 38.1 Å². The monoisotopic (exact) mass is 361 g/mol. The van der Waals surface area contributed by atoms with Gasteiger partial charge in [-0.25, -0.2) is 0 Å². The minimum absolute atomic E-state index is 0.0983. The SMILES string of the molecule is CCNC(=NCC(C)(C)c1ccc2c(c1)OCO2)N(C)CC1CCOC1. The molecule has 2 heterocycles. The Morgan fingerprint density at radius 1 is 1.31 bits per heavy atom. The van der Waals surface area contributed by atoms with E-state index in [2.05, 4.69) is 50.2 Å². The van der Waals surface area contributed by atoms with Crippen molar-refractivity contribution >= 4 is 5.96 Å². The van der Waals surface area contributed by atoms with Gasteiger partial charge in [-0.2, -0.15) is 0 Å². The van der Waals surface area contributed by atoms with E-state index in [4.69, 9.17) is 19.2 Å². The van der Waals surface area contributed by atoms with Gasteiger partial charge in [0.1, 0.15) is 0 Å². The zero-order valence-electron chi connectivity index (χ0n) is 16.4. The molecule has 2 aliphatic heterocycles. The molecule has 0 saturated carbocycles. The second kappa shape index (κ2) is 8.16. The summed E-state index contributed by atoms with van der Waals surface area (Å²) >= 11 is 0. The third-order valence-corrected chi connectivity index (χ3v) is 5.03. The molecule has 0 amide bonds. The first-order valence-electron chi connectivity index (χ1n) is 9.47. The van der Waals surface area contributed by atoms with Gasteiger partial charge in [-0.05, 0) is 31.0 Å². The van der Waals surface area contributed by atoms with Crippen LogP contribution in [0.1, 0.15) is 32.8 Å². The van der Waals surface area contributed by atoms with Crippen LogP contribution in [0, 0.1) is 5.92 Å². The average molecular weight is 361 g/mol. The van der Waals surface area contributed by atoms with Gasteiger partial charge >= 0.3 is 0 Å². The van der Waals surface area contributed by atoms with E-state index >= 15 is 0 Å². The number of aliphatic imine (C=N–C) groups is 1. The summed E-state index contributed by atoms with van der Waals surface area (Å²) < 4.78 is 16.4. The molecule has 1 aromatic carbocycles. The summed E-state index contributed by atoms with van der Waals surface area (Å²) in [7, 11) is 2.10. The Hall–Kier alpha value is -1.95. The second-order valence-electron chi connectivity index (χ2n) is 7.73. The molecular formula is C20H31N3O3. The molecule has 144 valence electrons. The lowest BCUT2D eigenvalue weighted by Gasteiger charge is -2.27. The largest absolute Gasteiger partial charge is 0.454 e. The molecule has 3 rings (SSSR count). The highest BCUT2D eigenvalue weighted by molar-refractivity contribution is 5.79. The normalized spacial score (nSPS) is 19.7. The second-order valence-corrected chi connectivity index (χ2v) is 7.73. The van der Waals surface area contributed by atoms with E-state index in [1.54, 1.807) is 0 Å². The lowest BCUT2D eigenvalue weighted by atomic mass is 9.84. The molecule has 1 unspecified atom stereocenters. The van der Waals surface area contributed by atoms with Crippen LogP contribution in [0.2, 0.25) is 0 Å². The zero-order valence-corrected chi connectivity index (χ0v) is 16.4. The van der Waals surface area contributed by atoms with Crippen molar-refractivity contribution in [2.45, 2.75) is 32.6 Å². The molecule has 0 aliphatic carbocycles. The van der Waals surface area contributed by atoms with Gasteiger partial charge in [0.25, 0.3) is 0 Å². The van der Waals surface area contributed by atoms with Crippen LogP contribution in [0.4, 0.5) is 0 Å². The summed E-state index contributed by atoms with van der Waals surface area (Å²) in [5.74, 6) is 3.18. The average Bonchev–Trinajstić information content (AvgIpc) is 3.29. The standard InChI is InChI=1S/C20H31N3O3/c1-5-21-19(23(4)11-15-8-9-24-12-15)22-13-20(2,3)16-6-7-17-18(10-16)26-14-25-17/h6-7,10,15H,5,8-9,11-14H2,1-4H3,(H,21,22). The summed E-state index contributed by atoms with van der Waals surface area (Å²) in [4.78, 5) is 7.14. The third kappa shape index (κ3) is 4.41. The van der Waals surface area contributed by atoms with Crippen molar-refractivity contribution in [2.75, 3.05) is 46.7 Å². The Bertz CT molecular complexity index is 639. The molecular weight excluding hydrogens is 330 g/mol. The van der Waals surface area contributed by atoms with Crippen LogP contribution in [0.25, 0.3) is 0 Å². The van der Waals surface area contributed by atoms with Gasteiger partial charge in [-0.3, -0.25) is 4.99 Å². The molecule has 0 bridgehead atoms. The van der Waals surface area contributed by atoms with Crippen molar-refractivity contribution in [2.24, 2.45) is 10.9 Å². The number of benzene rings is 1. The van der Waals surface area contributed by atoms with Gasteiger partial charge in [-0.1, -0.05) is 19.9 Å². The first kappa shape index (κ1) is 18.8. The molecule has 1 aromatic rings. The number of guanidine groups is 1. The maximum Gasteiger partial charge on any atom is 0.231 e. The van der Waals surface area contributed by atoms with Crippen LogP contribution in [-0.4, -0.2) is 57.5 Å². The predicted octanol–water partition coefficient (Wildman–Crippen LogP) is 2.63. The van der Waals surface area contributed by atoms with Gasteiger partial charge in [-0.15, -0.1) is 0 Å². The van der Waals surface area contributed by atoms with Crippen LogP contribution < -0.4 is 14.8 Å². The highest BCUT2D eigenvalue weighted by Crippen LogP contribution is 2.36. The molecule has 1 atom stereocenters. The number of fused-ring (bicyclic) bond motifs is 1. The number of nitrogens with one attached hydrogen (secondary N) is 1. The van der Waals surface area contributed by atoms with Gasteiger partial charge in [0.2, 0.25) is 6.79 Å². The Balaban J connectivity index is 1.68. The fraction of sp³-hybridized carbons (Fsp3) is 0.650. The van der Waals surface area contributed by atoms with Crippen molar-refractivity contribution in [1.29, 1.82) is 0 Å². The highest BCUT2D eigenvalue weighted by Gasteiger charge is 2.25.